The van der Waals surface area contributed by atoms with Gasteiger partial charge in [-0.15, -0.1) is 12.4 Å². The monoisotopic (exact) mass is 390 g/mol. The Kier molecular flexibility index (Phi) is 8.83. The molecule has 6 heteroatoms. The number of hydrogen-bond acceptors (Lipinski definition) is 3. The van der Waals surface area contributed by atoms with Crippen LogP contribution in [0.3, 0.4) is 0 Å². The summed E-state index contributed by atoms with van der Waals surface area (Å²) in [6.07, 6.45) is 4.05. The lowest BCUT2D eigenvalue weighted by Crippen LogP contribution is -2.36. The van der Waals surface area contributed by atoms with E-state index in [9.17, 15) is 4.79 Å². The van der Waals surface area contributed by atoms with E-state index in [1.54, 1.807) is 7.11 Å². The number of likely N-dealkylation sites (tertiary alicyclic amines) is 1. The Balaban J connectivity index is 0.00000242. The summed E-state index contributed by atoms with van der Waals surface area (Å²) in [6.45, 7) is 3.24. The molecule has 1 aliphatic rings. The van der Waals surface area contributed by atoms with Crippen molar-refractivity contribution >= 4 is 34.2 Å². The molecule has 2 rings (SSSR count). The lowest BCUT2D eigenvalue weighted by Gasteiger charge is -2.20. The Labute approximate surface area is 147 Å². The second-order valence-corrected chi connectivity index (χ2v) is 6.24. The fourth-order valence-electron chi connectivity index (χ4n) is 2.60. The molecule has 124 valence electrons. The molecule has 0 radical (unpaired) electrons. The minimum Gasteiger partial charge on any atom is -0.496 e. The molecule has 1 aliphatic heterocycles. The van der Waals surface area contributed by atoms with E-state index in [4.69, 9.17) is 4.74 Å². The third kappa shape index (κ3) is 5.78. The van der Waals surface area contributed by atoms with Gasteiger partial charge in [-0.05, 0) is 31.0 Å². The van der Waals surface area contributed by atoms with Crippen LogP contribution in [0, 0.1) is 0 Å². The second kappa shape index (κ2) is 10.1. The molecule has 22 heavy (non-hydrogen) atoms. The summed E-state index contributed by atoms with van der Waals surface area (Å²) in [5.74, 6) is 1.19. The van der Waals surface area contributed by atoms with Crippen molar-refractivity contribution in [3.8, 4) is 5.75 Å². The highest BCUT2D eigenvalue weighted by molar-refractivity contribution is 9.10. The molecule has 4 nitrogen and oxygen atoms in total. The van der Waals surface area contributed by atoms with Crippen LogP contribution in [0.4, 0.5) is 0 Å². The van der Waals surface area contributed by atoms with Crippen LogP contribution < -0.4 is 10.1 Å². The highest BCUT2D eigenvalue weighted by Crippen LogP contribution is 2.22. The van der Waals surface area contributed by atoms with Crippen LogP contribution in [0.25, 0.3) is 0 Å². The predicted molar refractivity (Wildman–Crippen MR) is 94.7 cm³/mol. The summed E-state index contributed by atoms with van der Waals surface area (Å²) in [5, 5.41) is 3.40. The first-order chi connectivity index (χ1) is 10.2. The van der Waals surface area contributed by atoms with Crippen LogP contribution in [0.1, 0.15) is 31.2 Å². The van der Waals surface area contributed by atoms with E-state index in [-0.39, 0.29) is 12.4 Å². The smallest absolute Gasteiger partial charge is 0.222 e. The number of nitrogens with one attached hydrogen (secondary N) is 1. The van der Waals surface area contributed by atoms with Gasteiger partial charge in [0.15, 0.2) is 0 Å². The largest absolute Gasteiger partial charge is 0.496 e. The van der Waals surface area contributed by atoms with Crippen molar-refractivity contribution in [2.45, 2.75) is 32.2 Å². The van der Waals surface area contributed by atoms with E-state index in [0.29, 0.717) is 12.3 Å². The molecular formula is C16H24BrClN2O2. The lowest BCUT2D eigenvalue weighted by atomic mass is 10.2. The van der Waals surface area contributed by atoms with Crippen molar-refractivity contribution in [2.75, 3.05) is 26.7 Å². The SMILES string of the molecule is COc1ccc(Br)cc1CNCCN1CCCCCC1=O.Cl. The van der Waals surface area contributed by atoms with E-state index in [1.165, 1.54) is 6.42 Å². The van der Waals surface area contributed by atoms with Gasteiger partial charge in [0, 0.05) is 42.6 Å². The van der Waals surface area contributed by atoms with Crippen molar-refractivity contribution in [2.24, 2.45) is 0 Å². The number of amides is 1. The number of halogens is 2. The van der Waals surface area contributed by atoms with Gasteiger partial charge in [-0.2, -0.15) is 0 Å². The van der Waals surface area contributed by atoms with E-state index in [0.717, 1.165) is 54.8 Å². The molecule has 1 heterocycles. The number of rotatable bonds is 6. The van der Waals surface area contributed by atoms with Gasteiger partial charge in [0.05, 0.1) is 7.11 Å². The predicted octanol–water partition coefficient (Wildman–Crippen LogP) is 3.37. The highest BCUT2D eigenvalue weighted by atomic mass is 79.9. The Morgan fingerprint density at radius 3 is 2.91 bits per heavy atom. The maximum Gasteiger partial charge on any atom is 0.222 e. The fourth-order valence-corrected chi connectivity index (χ4v) is 3.01. The van der Waals surface area contributed by atoms with Crippen LogP contribution >= 0.6 is 28.3 Å². The first-order valence-electron chi connectivity index (χ1n) is 7.51. The van der Waals surface area contributed by atoms with Gasteiger partial charge in [-0.1, -0.05) is 22.4 Å². The zero-order valence-corrected chi connectivity index (χ0v) is 15.3. The van der Waals surface area contributed by atoms with Crippen LogP contribution in [-0.4, -0.2) is 37.6 Å². The summed E-state index contributed by atoms with van der Waals surface area (Å²) in [7, 11) is 1.68. The molecule has 1 fully saturated rings. The van der Waals surface area contributed by atoms with Crippen molar-refractivity contribution in [1.29, 1.82) is 0 Å². The molecule has 1 saturated heterocycles. The third-order valence-electron chi connectivity index (χ3n) is 3.79. The first-order valence-corrected chi connectivity index (χ1v) is 8.31. The molecule has 0 saturated carbocycles. The number of carbonyl (C=O) groups is 1. The van der Waals surface area contributed by atoms with Gasteiger partial charge in [-0.25, -0.2) is 0 Å². The zero-order chi connectivity index (χ0) is 15.1. The number of hydrogen-bond donors (Lipinski definition) is 1. The molecule has 1 aromatic rings. The maximum atomic E-state index is 11.9. The third-order valence-corrected chi connectivity index (χ3v) is 4.28. The first kappa shape index (κ1) is 19.3. The molecule has 0 aliphatic carbocycles. The summed E-state index contributed by atoms with van der Waals surface area (Å²) in [6, 6.07) is 5.99. The number of nitrogens with zero attached hydrogens (tertiary/aromatic N) is 1. The van der Waals surface area contributed by atoms with Crippen molar-refractivity contribution in [3.63, 3.8) is 0 Å². The molecule has 1 aromatic carbocycles. The summed E-state index contributed by atoms with van der Waals surface area (Å²) < 4.78 is 6.40. The molecule has 1 amide bonds. The van der Waals surface area contributed by atoms with E-state index >= 15 is 0 Å². The molecule has 0 bridgehead atoms. The Morgan fingerprint density at radius 2 is 2.14 bits per heavy atom. The van der Waals surface area contributed by atoms with Gasteiger partial charge < -0.3 is 15.0 Å². The lowest BCUT2D eigenvalue weighted by molar-refractivity contribution is -0.130. The number of ether oxygens (including phenoxy) is 1. The molecule has 0 unspecified atom stereocenters. The van der Waals surface area contributed by atoms with Crippen LogP contribution in [0.2, 0.25) is 0 Å². The van der Waals surface area contributed by atoms with Gasteiger partial charge in [0.2, 0.25) is 5.91 Å². The summed E-state index contributed by atoms with van der Waals surface area (Å²) in [4.78, 5) is 13.9. The fraction of sp³-hybridized carbons (Fsp3) is 0.562. The van der Waals surface area contributed by atoms with Crippen molar-refractivity contribution < 1.29 is 9.53 Å². The minimum atomic E-state index is 0. The average Bonchev–Trinajstić information content (AvgIpc) is 2.68. The zero-order valence-electron chi connectivity index (χ0n) is 12.9. The van der Waals surface area contributed by atoms with Crippen molar-refractivity contribution in [1.82, 2.24) is 10.2 Å². The number of carbonyl (C=O) groups excluding carboxylic acids is 1. The van der Waals surface area contributed by atoms with Crippen LogP contribution in [-0.2, 0) is 11.3 Å². The van der Waals surface area contributed by atoms with Gasteiger partial charge in [-0.3, -0.25) is 4.79 Å². The molecule has 0 spiro atoms. The summed E-state index contributed by atoms with van der Waals surface area (Å²) in [5.41, 5.74) is 1.12. The quantitative estimate of drug-likeness (QED) is 0.756. The van der Waals surface area contributed by atoms with E-state index in [1.807, 2.05) is 17.0 Å². The van der Waals surface area contributed by atoms with Gasteiger partial charge in [0.1, 0.15) is 5.75 Å². The standard InChI is InChI=1S/C16H23BrN2O2.ClH/c1-21-15-7-6-14(17)11-13(15)12-18-8-10-19-9-4-2-3-5-16(19)20;/h6-7,11,18H,2-5,8-10,12H2,1H3;1H. The Hall–Kier alpha value is -0.780. The topological polar surface area (TPSA) is 41.6 Å². The Bertz CT molecular complexity index is 485. The minimum absolute atomic E-state index is 0. The second-order valence-electron chi connectivity index (χ2n) is 5.32. The summed E-state index contributed by atoms with van der Waals surface area (Å²) >= 11 is 3.48. The van der Waals surface area contributed by atoms with Crippen LogP contribution in [0.15, 0.2) is 22.7 Å². The molecule has 1 N–H and O–H groups in total. The number of benzene rings is 1. The van der Waals surface area contributed by atoms with Crippen molar-refractivity contribution in [3.05, 3.63) is 28.2 Å². The van der Waals surface area contributed by atoms with E-state index in [2.05, 4.69) is 27.3 Å². The highest BCUT2D eigenvalue weighted by Gasteiger charge is 2.15. The van der Waals surface area contributed by atoms with Gasteiger partial charge >= 0.3 is 0 Å². The molecule has 0 aromatic heterocycles. The maximum absolute atomic E-state index is 11.9. The average molecular weight is 392 g/mol. The number of methoxy groups -OCH3 is 1. The van der Waals surface area contributed by atoms with Crippen LogP contribution in [0.5, 0.6) is 5.75 Å². The Morgan fingerprint density at radius 1 is 1.32 bits per heavy atom. The van der Waals surface area contributed by atoms with Gasteiger partial charge in [0.25, 0.3) is 0 Å². The van der Waals surface area contributed by atoms with E-state index < -0.39 is 0 Å². The molecular weight excluding hydrogens is 368 g/mol. The normalized spacial score (nSPS) is 15.2. The molecule has 0 atom stereocenters.